The highest BCUT2D eigenvalue weighted by atomic mass is 16.5. The lowest BCUT2D eigenvalue weighted by molar-refractivity contribution is -0.122. The maximum atomic E-state index is 12.1. The Kier molecular flexibility index (Phi) is 4.46. The van der Waals surface area contributed by atoms with Gasteiger partial charge in [-0.15, -0.1) is 0 Å². The van der Waals surface area contributed by atoms with Gasteiger partial charge in [0.1, 0.15) is 0 Å². The Bertz CT molecular complexity index is 552. The number of rotatable bonds is 5. The molecule has 0 aromatic heterocycles. The Morgan fingerprint density at radius 2 is 1.95 bits per heavy atom. The molecule has 22 heavy (non-hydrogen) atoms. The molecule has 1 N–H and O–H groups in total. The van der Waals surface area contributed by atoms with Crippen molar-refractivity contribution < 1.29 is 14.3 Å². The largest absolute Gasteiger partial charge is 0.465 e. The van der Waals surface area contributed by atoms with E-state index < -0.39 is 0 Å². The Morgan fingerprint density at radius 1 is 1.18 bits per heavy atom. The summed E-state index contributed by atoms with van der Waals surface area (Å²) in [6.07, 6.45) is 5.94. The lowest BCUT2D eigenvalue weighted by Gasteiger charge is -2.20. The molecule has 4 heteroatoms. The van der Waals surface area contributed by atoms with Crippen molar-refractivity contribution >= 4 is 11.9 Å². The highest BCUT2D eigenvalue weighted by Crippen LogP contribution is 2.49. The maximum absolute atomic E-state index is 12.1. The van der Waals surface area contributed by atoms with Crippen LogP contribution in [0.2, 0.25) is 0 Å². The summed E-state index contributed by atoms with van der Waals surface area (Å²) in [5.74, 6) is 2.07. The summed E-state index contributed by atoms with van der Waals surface area (Å²) >= 11 is 0. The van der Waals surface area contributed by atoms with Crippen LogP contribution in [0.25, 0.3) is 0 Å². The second kappa shape index (κ2) is 6.51. The van der Waals surface area contributed by atoms with E-state index in [-0.39, 0.29) is 11.9 Å². The lowest BCUT2D eigenvalue weighted by atomic mass is 9.86. The molecular weight excluding hydrogens is 278 g/mol. The fourth-order valence-electron chi connectivity index (χ4n) is 4.01. The Balaban J connectivity index is 1.45. The minimum absolute atomic E-state index is 0.148. The average Bonchev–Trinajstić information content (AvgIpc) is 3.15. The molecule has 4 nitrogen and oxygen atoms in total. The van der Waals surface area contributed by atoms with Crippen LogP contribution in [0.4, 0.5) is 0 Å². The normalized spacial score (nSPS) is 26.0. The molecule has 118 valence electrons. The predicted molar refractivity (Wildman–Crippen MR) is 83.2 cm³/mol. The third kappa shape index (κ3) is 3.32. The van der Waals surface area contributed by atoms with E-state index >= 15 is 0 Å². The van der Waals surface area contributed by atoms with Gasteiger partial charge >= 0.3 is 5.97 Å². The lowest BCUT2D eigenvalue weighted by Crippen LogP contribution is -2.26. The zero-order valence-electron chi connectivity index (χ0n) is 13.0. The third-order valence-corrected chi connectivity index (χ3v) is 5.20. The molecule has 2 bridgehead atoms. The number of nitrogens with one attached hydrogen (secondary N) is 1. The summed E-state index contributed by atoms with van der Waals surface area (Å²) in [5, 5.41) is 2.99. The summed E-state index contributed by atoms with van der Waals surface area (Å²) in [4.78, 5) is 23.4. The number of carbonyl (C=O) groups excluding carboxylic acids is 2. The standard InChI is InChI=1S/C18H23NO3/c1-22-18(21)14-5-2-12(3-6-14)11-19-17(20)10-16-9-13-4-7-15(16)8-13/h2-3,5-6,13,15-16H,4,7-11H2,1H3,(H,19,20). The average molecular weight is 301 g/mol. The minimum atomic E-state index is -0.341. The van der Waals surface area contributed by atoms with Gasteiger partial charge in [-0.25, -0.2) is 4.79 Å². The molecule has 2 aliphatic rings. The van der Waals surface area contributed by atoms with Crippen molar-refractivity contribution in [1.29, 1.82) is 0 Å². The highest BCUT2D eigenvalue weighted by molar-refractivity contribution is 5.89. The molecule has 2 saturated carbocycles. The van der Waals surface area contributed by atoms with Crippen LogP contribution >= 0.6 is 0 Å². The number of methoxy groups -OCH3 is 1. The van der Waals surface area contributed by atoms with E-state index in [2.05, 4.69) is 10.1 Å². The number of fused-ring (bicyclic) bond motifs is 2. The van der Waals surface area contributed by atoms with Crippen LogP contribution in [0.3, 0.4) is 0 Å². The predicted octanol–water partition coefficient (Wildman–Crippen LogP) is 2.92. The van der Waals surface area contributed by atoms with Crippen molar-refractivity contribution in [2.24, 2.45) is 17.8 Å². The number of hydrogen-bond donors (Lipinski definition) is 1. The molecule has 3 unspecified atom stereocenters. The van der Waals surface area contributed by atoms with E-state index in [1.807, 2.05) is 12.1 Å². The van der Waals surface area contributed by atoms with E-state index in [4.69, 9.17) is 0 Å². The van der Waals surface area contributed by atoms with Crippen LogP contribution in [0.15, 0.2) is 24.3 Å². The summed E-state index contributed by atoms with van der Waals surface area (Å²) < 4.78 is 4.66. The molecule has 0 spiro atoms. The smallest absolute Gasteiger partial charge is 0.337 e. The van der Waals surface area contributed by atoms with Crippen LogP contribution in [0, 0.1) is 17.8 Å². The van der Waals surface area contributed by atoms with Gasteiger partial charge in [0, 0.05) is 13.0 Å². The third-order valence-electron chi connectivity index (χ3n) is 5.20. The number of benzene rings is 1. The second-order valence-corrected chi connectivity index (χ2v) is 6.60. The first-order valence-corrected chi connectivity index (χ1v) is 8.09. The number of ether oxygens (including phenoxy) is 1. The SMILES string of the molecule is COC(=O)c1ccc(CNC(=O)CC2CC3CCC2C3)cc1. The maximum Gasteiger partial charge on any atom is 0.337 e. The topological polar surface area (TPSA) is 55.4 Å². The minimum Gasteiger partial charge on any atom is -0.465 e. The first-order chi connectivity index (χ1) is 10.7. The second-order valence-electron chi connectivity index (χ2n) is 6.60. The summed E-state index contributed by atoms with van der Waals surface area (Å²) in [5.41, 5.74) is 1.52. The van der Waals surface area contributed by atoms with Gasteiger partial charge in [0.15, 0.2) is 0 Å². The quantitative estimate of drug-likeness (QED) is 0.851. The van der Waals surface area contributed by atoms with E-state index in [1.165, 1.54) is 32.8 Å². The van der Waals surface area contributed by atoms with Gasteiger partial charge in [0.05, 0.1) is 12.7 Å². The summed E-state index contributed by atoms with van der Waals surface area (Å²) in [7, 11) is 1.37. The fourth-order valence-corrected chi connectivity index (χ4v) is 4.01. The molecule has 0 saturated heterocycles. The van der Waals surface area contributed by atoms with Gasteiger partial charge in [0.2, 0.25) is 5.91 Å². The summed E-state index contributed by atoms with van der Waals surface area (Å²) in [6.45, 7) is 0.515. The molecule has 2 fully saturated rings. The molecule has 1 aromatic carbocycles. The monoisotopic (exact) mass is 301 g/mol. The number of esters is 1. The Hall–Kier alpha value is -1.84. The molecule has 0 aliphatic heterocycles. The van der Waals surface area contributed by atoms with Gasteiger partial charge in [-0.05, 0) is 54.7 Å². The fraction of sp³-hybridized carbons (Fsp3) is 0.556. The molecule has 2 aliphatic carbocycles. The summed E-state index contributed by atoms with van der Waals surface area (Å²) in [6, 6.07) is 7.15. The Morgan fingerprint density at radius 3 is 2.55 bits per heavy atom. The molecule has 3 atom stereocenters. The van der Waals surface area contributed by atoms with Gasteiger partial charge in [-0.3, -0.25) is 4.79 Å². The zero-order valence-corrected chi connectivity index (χ0v) is 13.0. The van der Waals surface area contributed by atoms with Crippen LogP contribution < -0.4 is 5.32 Å². The van der Waals surface area contributed by atoms with Crippen molar-refractivity contribution in [2.45, 2.75) is 38.6 Å². The van der Waals surface area contributed by atoms with E-state index in [0.717, 1.165) is 17.4 Å². The van der Waals surface area contributed by atoms with E-state index in [9.17, 15) is 9.59 Å². The first-order valence-electron chi connectivity index (χ1n) is 8.09. The molecule has 0 heterocycles. The molecule has 0 radical (unpaired) electrons. The molecular formula is C18H23NO3. The van der Waals surface area contributed by atoms with E-state index in [1.54, 1.807) is 12.1 Å². The van der Waals surface area contributed by atoms with Gasteiger partial charge in [0.25, 0.3) is 0 Å². The molecule has 3 rings (SSSR count). The van der Waals surface area contributed by atoms with E-state index in [0.29, 0.717) is 24.4 Å². The van der Waals surface area contributed by atoms with Crippen molar-refractivity contribution in [2.75, 3.05) is 7.11 Å². The first kappa shape index (κ1) is 15.1. The van der Waals surface area contributed by atoms with Crippen LogP contribution in [0.5, 0.6) is 0 Å². The zero-order chi connectivity index (χ0) is 15.5. The van der Waals surface area contributed by atoms with Gasteiger partial charge < -0.3 is 10.1 Å². The number of carbonyl (C=O) groups is 2. The number of hydrogen-bond acceptors (Lipinski definition) is 3. The molecule has 1 aromatic rings. The van der Waals surface area contributed by atoms with Crippen LogP contribution in [-0.2, 0) is 16.1 Å². The van der Waals surface area contributed by atoms with Gasteiger partial charge in [-0.2, -0.15) is 0 Å². The molecule has 1 amide bonds. The van der Waals surface area contributed by atoms with Crippen LogP contribution in [0.1, 0.15) is 48.0 Å². The van der Waals surface area contributed by atoms with Crippen molar-refractivity contribution in [1.82, 2.24) is 5.32 Å². The van der Waals surface area contributed by atoms with Crippen molar-refractivity contribution in [3.8, 4) is 0 Å². The number of amides is 1. The van der Waals surface area contributed by atoms with Crippen molar-refractivity contribution in [3.63, 3.8) is 0 Å². The van der Waals surface area contributed by atoms with Crippen molar-refractivity contribution in [3.05, 3.63) is 35.4 Å². The van der Waals surface area contributed by atoms with Crippen LogP contribution in [-0.4, -0.2) is 19.0 Å². The highest BCUT2D eigenvalue weighted by Gasteiger charge is 2.39. The van der Waals surface area contributed by atoms with Gasteiger partial charge in [-0.1, -0.05) is 18.6 Å². The Labute approximate surface area is 131 Å².